The molecule has 1 amide bonds. The van der Waals surface area contributed by atoms with Gasteiger partial charge in [-0.1, -0.05) is 68.1 Å². The molecule has 0 aliphatic heterocycles. The van der Waals surface area contributed by atoms with Crippen LogP contribution in [-0.4, -0.2) is 11.2 Å². The summed E-state index contributed by atoms with van der Waals surface area (Å²) in [6.07, 6.45) is 0. The molecule has 0 aliphatic carbocycles. The predicted molar refractivity (Wildman–Crippen MR) is 112 cm³/mol. The first-order valence-corrected chi connectivity index (χ1v) is 10.2. The van der Waals surface area contributed by atoms with E-state index in [4.69, 9.17) is 0 Å². The second-order valence-electron chi connectivity index (χ2n) is 6.03. The van der Waals surface area contributed by atoms with Crippen LogP contribution in [0.1, 0.15) is 24.2 Å². The summed E-state index contributed by atoms with van der Waals surface area (Å²) in [5, 5.41) is 3.51. The minimum absolute atomic E-state index is 0.0742. The third kappa shape index (κ3) is 4.93. The van der Waals surface area contributed by atoms with E-state index in [0.717, 1.165) is 20.4 Å². The van der Waals surface area contributed by atoms with Gasteiger partial charge in [0.15, 0.2) is 0 Å². The number of benzene rings is 3. The highest BCUT2D eigenvalue weighted by molar-refractivity contribution is 8.00. The Kier molecular flexibility index (Phi) is 6.42. The lowest BCUT2D eigenvalue weighted by molar-refractivity contribution is 0.102. The molecule has 0 bridgehead atoms. The van der Waals surface area contributed by atoms with Crippen molar-refractivity contribution >= 4 is 35.1 Å². The fourth-order valence-electron chi connectivity index (χ4n) is 2.47. The monoisotopic (exact) mass is 379 g/mol. The summed E-state index contributed by atoms with van der Waals surface area (Å²) in [7, 11) is 0. The zero-order valence-corrected chi connectivity index (χ0v) is 16.4. The summed E-state index contributed by atoms with van der Waals surface area (Å²) in [4.78, 5) is 16.1. The quantitative estimate of drug-likeness (QED) is 0.490. The Morgan fingerprint density at radius 3 is 2.15 bits per heavy atom. The van der Waals surface area contributed by atoms with Gasteiger partial charge in [0.1, 0.15) is 0 Å². The van der Waals surface area contributed by atoms with Crippen molar-refractivity contribution in [3.63, 3.8) is 0 Å². The Balaban J connectivity index is 1.83. The fourth-order valence-corrected chi connectivity index (χ4v) is 4.35. The number of para-hydroxylation sites is 1. The topological polar surface area (TPSA) is 29.1 Å². The van der Waals surface area contributed by atoms with E-state index < -0.39 is 0 Å². The van der Waals surface area contributed by atoms with E-state index in [9.17, 15) is 4.79 Å². The minimum Gasteiger partial charge on any atom is -0.321 e. The van der Waals surface area contributed by atoms with Crippen molar-refractivity contribution in [2.24, 2.45) is 0 Å². The Hall–Kier alpha value is -2.17. The molecule has 0 heterocycles. The zero-order chi connectivity index (χ0) is 18.4. The van der Waals surface area contributed by atoms with Gasteiger partial charge in [-0.25, -0.2) is 0 Å². The Morgan fingerprint density at radius 1 is 0.808 bits per heavy atom. The SMILES string of the molecule is CC(C)Sc1ccccc1C(=O)Nc1ccccc1Sc1ccccc1. The molecule has 0 spiro atoms. The van der Waals surface area contributed by atoms with Crippen LogP contribution in [-0.2, 0) is 0 Å². The van der Waals surface area contributed by atoms with E-state index in [1.54, 1.807) is 23.5 Å². The van der Waals surface area contributed by atoms with Crippen LogP contribution < -0.4 is 5.32 Å². The smallest absolute Gasteiger partial charge is 0.256 e. The molecule has 26 heavy (non-hydrogen) atoms. The number of carbonyl (C=O) groups excluding carboxylic acids is 1. The first-order chi connectivity index (χ1) is 12.6. The van der Waals surface area contributed by atoms with Crippen LogP contribution in [0.4, 0.5) is 5.69 Å². The number of hydrogen-bond donors (Lipinski definition) is 1. The molecule has 2 nitrogen and oxygen atoms in total. The normalized spacial score (nSPS) is 10.7. The number of rotatable bonds is 6. The van der Waals surface area contributed by atoms with Gasteiger partial charge in [0, 0.05) is 19.9 Å². The van der Waals surface area contributed by atoms with Crippen LogP contribution in [0.2, 0.25) is 0 Å². The molecular formula is C22H21NOS2. The molecule has 0 radical (unpaired) electrons. The van der Waals surface area contributed by atoms with Gasteiger partial charge in [0.25, 0.3) is 5.91 Å². The average Bonchev–Trinajstić information content (AvgIpc) is 2.64. The van der Waals surface area contributed by atoms with Gasteiger partial charge in [0.05, 0.1) is 11.3 Å². The van der Waals surface area contributed by atoms with Crippen molar-refractivity contribution < 1.29 is 4.79 Å². The molecule has 0 fully saturated rings. The maximum Gasteiger partial charge on any atom is 0.256 e. The van der Waals surface area contributed by atoms with Crippen LogP contribution in [0.15, 0.2) is 93.5 Å². The lowest BCUT2D eigenvalue weighted by Gasteiger charge is -2.13. The molecule has 0 unspecified atom stereocenters. The summed E-state index contributed by atoms with van der Waals surface area (Å²) in [5.41, 5.74) is 1.54. The summed E-state index contributed by atoms with van der Waals surface area (Å²) in [6, 6.07) is 25.8. The van der Waals surface area contributed by atoms with Crippen LogP contribution in [0.25, 0.3) is 0 Å². The maximum absolute atomic E-state index is 12.9. The third-order valence-electron chi connectivity index (χ3n) is 3.60. The Morgan fingerprint density at radius 2 is 1.42 bits per heavy atom. The van der Waals surface area contributed by atoms with Gasteiger partial charge >= 0.3 is 0 Å². The minimum atomic E-state index is -0.0742. The summed E-state index contributed by atoms with van der Waals surface area (Å²) in [6.45, 7) is 4.26. The van der Waals surface area contributed by atoms with E-state index in [2.05, 4.69) is 31.3 Å². The number of thioether (sulfide) groups is 1. The molecule has 132 valence electrons. The number of amides is 1. The van der Waals surface area contributed by atoms with E-state index in [-0.39, 0.29) is 5.91 Å². The molecule has 0 atom stereocenters. The summed E-state index contributed by atoms with van der Waals surface area (Å²) in [5.74, 6) is -0.0742. The van der Waals surface area contributed by atoms with Crippen LogP contribution in [0.5, 0.6) is 0 Å². The van der Waals surface area contributed by atoms with E-state index in [0.29, 0.717) is 10.8 Å². The highest BCUT2D eigenvalue weighted by Gasteiger charge is 2.14. The molecule has 4 heteroatoms. The first kappa shape index (κ1) is 18.6. The Labute approximate surface area is 163 Å². The van der Waals surface area contributed by atoms with Crippen molar-refractivity contribution in [1.29, 1.82) is 0 Å². The Bertz CT molecular complexity index is 878. The van der Waals surface area contributed by atoms with Crippen molar-refractivity contribution in [3.8, 4) is 0 Å². The van der Waals surface area contributed by atoms with Gasteiger partial charge in [0.2, 0.25) is 0 Å². The number of anilines is 1. The molecule has 3 aromatic rings. The van der Waals surface area contributed by atoms with Gasteiger partial charge in [-0.05, 0) is 36.4 Å². The molecule has 0 saturated carbocycles. The largest absolute Gasteiger partial charge is 0.321 e. The molecule has 1 N–H and O–H groups in total. The highest BCUT2D eigenvalue weighted by Crippen LogP contribution is 2.34. The number of carbonyl (C=O) groups is 1. The number of hydrogen-bond acceptors (Lipinski definition) is 3. The van der Waals surface area contributed by atoms with Gasteiger partial charge < -0.3 is 5.32 Å². The van der Waals surface area contributed by atoms with Gasteiger partial charge in [-0.2, -0.15) is 0 Å². The van der Waals surface area contributed by atoms with Crippen LogP contribution >= 0.6 is 23.5 Å². The zero-order valence-electron chi connectivity index (χ0n) is 14.8. The molecule has 0 aromatic heterocycles. The predicted octanol–water partition coefficient (Wildman–Crippen LogP) is 6.59. The van der Waals surface area contributed by atoms with E-state index in [1.807, 2.05) is 66.7 Å². The van der Waals surface area contributed by atoms with Crippen molar-refractivity contribution in [3.05, 3.63) is 84.4 Å². The lowest BCUT2D eigenvalue weighted by atomic mass is 10.2. The molecular weight excluding hydrogens is 358 g/mol. The average molecular weight is 380 g/mol. The van der Waals surface area contributed by atoms with Crippen molar-refractivity contribution in [2.45, 2.75) is 33.8 Å². The number of nitrogens with one attached hydrogen (secondary N) is 1. The molecule has 3 aromatic carbocycles. The van der Waals surface area contributed by atoms with Gasteiger partial charge in [-0.3, -0.25) is 4.79 Å². The fraction of sp³-hybridized carbons (Fsp3) is 0.136. The first-order valence-electron chi connectivity index (χ1n) is 8.52. The van der Waals surface area contributed by atoms with Crippen molar-refractivity contribution in [1.82, 2.24) is 0 Å². The van der Waals surface area contributed by atoms with E-state index >= 15 is 0 Å². The lowest BCUT2D eigenvalue weighted by Crippen LogP contribution is -2.13. The summed E-state index contributed by atoms with van der Waals surface area (Å²) < 4.78 is 0. The molecule has 0 aliphatic rings. The summed E-state index contributed by atoms with van der Waals surface area (Å²) >= 11 is 3.35. The molecule has 3 rings (SSSR count). The van der Waals surface area contributed by atoms with Crippen LogP contribution in [0, 0.1) is 0 Å². The molecule has 0 saturated heterocycles. The standard InChI is InChI=1S/C22H21NOS2/c1-16(2)25-20-14-8-6-12-18(20)22(24)23-19-13-7-9-15-21(19)26-17-10-4-3-5-11-17/h3-16H,1-2H3,(H,23,24). The maximum atomic E-state index is 12.9. The second kappa shape index (κ2) is 8.97. The van der Waals surface area contributed by atoms with Gasteiger partial charge in [-0.15, -0.1) is 11.8 Å². The highest BCUT2D eigenvalue weighted by atomic mass is 32.2. The third-order valence-corrected chi connectivity index (χ3v) is 5.77. The van der Waals surface area contributed by atoms with Crippen LogP contribution in [0.3, 0.4) is 0 Å². The second-order valence-corrected chi connectivity index (χ2v) is 8.76. The van der Waals surface area contributed by atoms with Crippen molar-refractivity contribution in [2.75, 3.05) is 5.32 Å². The van der Waals surface area contributed by atoms with E-state index in [1.165, 1.54) is 0 Å².